The number of rotatable bonds is 15. The van der Waals surface area contributed by atoms with Crippen molar-refractivity contribution >= 4 is 18.5 Å². The minimum atomic E-state index is -0.507. The number of allylic oxidation sites excluding steroid dienone is 2. The lowest BCUT2D eigenvalue weighted by Crippen LogP contribution is -2.44. The van der Waals surface area contributed by atoms with Crippen LogP contribution in [-0.4, -0.2) is 60.3 Å². The van der Waals surface area contributed by atoms with Crippen molar-refractivity contribution < 1.29 is 14.5 Å². The third-order valence-electron chi connectivity index (χ3n) is 9.57. The van der Waals surface area contributed by atoms with Gasteiger partial charge in [-0.15, -0.1) is 0 Å². The fourth-order valence-electron chi connectivity index (χ4n) is 7.17. The van der Waals surface area contributed by atoms with E-state index in [9.17, 15) is 19.7 Å². The molecule has 3 aromatic rings. The van der Waals surface area contributed by atoms with Gasteiger partial charge in [0.15, 0.2) is 0 Å². The summed E-state index contributed by atoms with van der Waals surface area (Å²) in [5.74, 6) is -0.507. The topological polar surface area (TPSA) is 134 Å². The van der Waals surface area contributed by atoms with E-state index in [0.29, 0.717) is 38.0 Å². The van der Waals surface area contributed by atoms with E-state index in [2.05, 4.69) is 76.2 Å². The number of hydrogen-bond donors (Lipinski definition) is 3. The van der Waals surface area contributed by atoms with Crippen molar-refractivity contribution in [2.45, 2.75) is 50.4 Å². The third kappa shape index (κ3) is 7.45. The standard InChI is InChI=1S/C37H44N6O4/c1-28-35(39-26-44)34(29-15-17-32(18-16-29)43(46)47)36(33(40-28)14-8-21-38)42(27-45)23-9-22-41-24-19-37(20-25-41,30-10-4-2-5-11-30)31-12-6-3-7-13-31/h2-7,10-13,15-18,26-27,34,40H,8-9,14,19-25,38H2,1H3,(H,39,44). The van der Waals surface area contributed by atoms with Crippen molar-refractivity contribution in [2.75, 3.05) is 32.7 Å². The Kier molecular flexibility index (Phi) is 11.2. The Morgan fingerprint density at radius 3 is 2.13 bits per heavy atom. The molecule has 1 atom stereocenters. The molecule has 2 aliphatic rings. The molecule has 0 saturated carbocycles. The zero-order valence-corrected chi connectivity index (χ0v) is 26.9. The number of amides is 2. The molecule has 3 aromatic carbocycles. The van der Waals surface area contributed by atoms with Crippen LogP contribution in [0.5, 0.6) is 0 Å². The number of non-ortho nitro benzene ring substituents is 1. The number of nitro groups is 1. The first-order valence-electron chi connectivity index (χ1n) is 16.3. The first-order valence-corrected chi connectivity index (χ1v) is 16.3. The van der Waals surface area contributed by atoms with Crippen LogP contribution in [0.4, 0.5) is 5.69 Å². The van der Waals surface area contributed by atoms with Crippen LogP contribution in [0, 0.1) is 10.1 Å². The summed E-state index contributed by atoms with van der Waals surface area (Å²) in [7, 11) is 0. The van der Waals surface area contributed by atoms with Gasteiger partial charge in [0.1, 0.15) is 0 Å². The van der Waals surface area contributed by atoms with Gasteiger partial charge in [-0.05, 0) is 81.9 Å². The molecule has 0 aromatic heterocycles. The van der Waals surface area contributed by atoms with Crippen LogP contribution in [0.2, 0.25) is 0 Å². The van der Waals surface area contributed by atoms with E-state index in [0.717, 1.165) is 68.0 Å². The number of hydrogen-bond acceptors (Lipinski definition) is 7. The first-order chi connectivity index (χ1) is 22.9. The van der Waals surface area contributed by atoms with Gasteiger partial charge >= 0.3 is 0 Å². The Morgan fingerprint density at radius 1 is 0.979 bits per heavy atom. The Hall–Kier alpha value is -4.80. The van der Waals surface area contributed by atoms with Gasteiger partial charge in [-0.2, -0.15) is 0 Å². The fraction of sp³-hybridized carbons (Fsp3) is 0.351. The molecule has 4 N–H and O–H groups in total. The summed E-state index contributed by atoms with van der Waals surface area (Å²) in [5.41, 5.74) is 12.2. The van der Waals surface area contributed by atoms with E-state index < -0.39 is 10.8 Å². The smallest absolute Gasteiger partial charge is 0.269 e. The molecular weight excluding hydrogens is 592 g/mol. The molecule has 246 valence electrons. The highest BCUT2D eigenvalue weighted by atomic mass is 16.6. The number of piperidine rings is 1. The molecule has 2 amide bonds. The predicted molar refractivity (Wildman–Crippen MR) is 183 cm³/mol. The van der Waals surface area contributed by atoms with E-state index >= 15 is 0 Å². The van der Waals surface area contributed by atoms with Gasteiger partial charge in [-0.3, -0.25) is 19.7 Å². The van der Waals surface area contributed by atoms with Crippen LogP contribution < -0.4 is 16.4 Å². The number of nitro benzene ring substituents is 1. The number of carbonyl (C=O) groups is 2. The fourth-order valence-corrected chi connectivity index (χ4v) is 7.17. The summed E-state index contributed by atoms with van der Waals surface area (Å²) in [6.45, 7) is 5.54. The maximum absolute atomic E-state index is 12.8. The number of carbonyl (C=O) groups excluding carboxylic acids is 2. The van der Waals surface area contributed by atoms with Crippen molar-refractivity contribution in [3.05, 3.63) is 135 Å². The average Bonchev–Trinajstić information content (AvgIpc) is 3.11. The second-order valence-corrected chi connectivity index (χ2v) is 12.3. The van der Waals surface area contributed by atoms with Crippen molar-refractivity contribution in [1.29, 1.82) is 0 Å². The second kappa shape index (κ2) is 15.7. The number of nitrogens with one attached hydrogen (secondary N) is 2. The summed E-state index contributed by atoms with van der Waals surface area (Å²) in [5, 5.41) is 17.6. The van der Waals surface area contributed by atoms with Gasteiger partial charge in [-0.25, -0.2) is 0 Å². The predicted octanol–water partition coefficient (Wildman–Crippen LogP) is 5.14. The molecular formula is C37H44N6O4. The molecule has 0 bridgehead atoms. The van der Waals surface area contributed by atoms with Crippen LogP contribution in [0.15, 0.2) is 108 Å². The van der Waals surface area contributed by atoms with Gasteiger partial charge in [0.05, 0.1) is 22.2 Å². The van der Waals surface area contributed by atoms with Crippen LogP contribution in [0.3, 0.4) is 0 Å². The van der Waals surface area contributed by atoms with Gasteiger partial charge < -0.3 is 26.2 Å². The largest absolute Gasteiger partial charge is 0.360 e. The van der Waals surface area contributed by atoms with E-state index in [1.165, 1.54) is 23.3 Å². The van der Waals surface area contributed by atoms with Crippen molar-refractivity contribution in [2.24, 2.45) is 5.73 Å². The van der Waals surface area contributed by atoms with Gasteiger partial charge in [-0.1, -0.05) is 72.8 Å². The lowest BCUT2D eigenvalue weighted by molar-refractivity contribution is -0.384. The monoisotopic (exact) mass is 636 g/mol. The SMILES string of the molecule is CC1=C(NC=O)C(c2ccc([N+](=O)[O-])cc2)C(N(C=O)CCCN2CCC(c3ccccc3)(c3ccccc3)CC2)=C(CCCN)N1. The average molecular weight is 637 g/mol. The van der Waals surface area contributed by atoms with Crippen LogP contribution in [0.1, 0.15) is 61.6 Å². The van der Waals surface area contributed by atoms with Crippen LogP contribution >= 0.6 is 0 Å². The third-order valence-corrected chi connectivity index (χ3v) is 9.57. The maximum Gasteiger partial charge on any atom is 0.269 e. The number of dihydropyridines is 1. The van der Waals surface area contributed by atoms with Gasteiger partial charge in [0.2, 0.25) is 12.8 Å². The summed E-state index contributed by atoms with van der Waals surface area (Å²) in [4.78, 5) is 39.7. The molecule has 0 aliphatic carbocycles. The summed E-state index contributed by atoms with van der Waals surface area (Å²) < 4.78 is 0. The first kappa shape index (κ1) is 33.6. The highest BCUT2D eigenvalue weighted by Gasteiger charge is 2.38. The Labute approximate surface area is 276 Å². The molecule has 10 nitrogen and oxygen atoms in total. The molecule has 1 unspecified atom stereocenters. The van der Waals surface area contributed by atoms with Crippen LogP contribution in [0.25, 0.3) is 0 Å². The van der Waals surface area contributed by atoms with Crippen LogP contribution in [-0.2, 0) is 15.0 Å². The second-order valence-electron chi connectivity index (χ2n) is 12.3. The quantitative estimate of drug-likeness (QED) is 0.120. The summed E-state index contributed by atoms with van der Waals surface area (Å²) in [6, 6.07) is 27.9. The number of benzene rings is 3. The van der Waals surface area contributed by atoms with E-state index in [1.807, 2.05) is 6.92 Å². The molecule has 5 rings (SSSR count). The number of likely N-dealkylation sites (tertiary alicyclic amines) is 1. The summed E-state index contributed by atoms with van der Waals surface area (Å²) in [6.07, 6.45) is 5.54. The number of nitrogens with zero attached hydrogens (tertiary/aromatic N) is 3. The molecule has 47 heavy (non-hydrogen) atoms. The van der Waals surface area contributed by atoms with E-state index in [-0.39, 0.29) is 11.1 Å². The minimum absolute atomic E-state index is 0.0283. The van der Waals surface area contributed by atoms with Gasteiger partial charge in [0.25, 0.3) is 5.69 Å². The van der Waals surface area contributed by atoms with E-state index in [4.69, 9.17) is 5.73 Å². The molecule has 2 aliphatic heterocycles. The molecule has 10 heteroatoms. The Morgan fingerprint density at radius 2 is 1.60 bits per heavy atom. The zero-order valence-electron chi connectivity index (χ0n) is 26.9. The lowest BCUT2D eigenvalue weighted by atomic mass is 9.68. The molecule has 0 spiro atoms. The Bertz CT molecular complexity index is 1540. The molecule has 1 saturated heterocycles. The highest BCUT2D eigenvalue weighted by molar-refractivity contribution is 5.60. The molecule has 2 heterocycles. The Balaban J connectivity index is 1.35. The van der Waals surface area contributed by atoms with Crippen molar-refractivity contribution in [1.82, 2.24) is 20.4 Å². The molecule has 1 fully saturated rings. The summed E-state index contributed by atoms with van der Waals surface area (Å²) >= 11 is 0. The van der Waals surface area contributed by atoms with Crippen molar-refractivity contribution in [3.63, 3.8) is 0 Å². The van der Waals surface area contributed by atoms with Crippen molar-refractivity contribution in [3.8, 4) is 0 Å². The zero-order chi connectivity index (χ0) is 33.2. The molecule has 0 radical (unpaired) electrons. The van der Waals surface area contributed by atoms with Gasteiger partial charge in [0, 0.05) is 35.5 Å². The normalized spacial score (nSPS) is 18.0. The highest BCUT2D eigenvalue weighted by Crippen LogP contribution is 2.42. The number of nitrogens with two attached hydrogens (primary N) is 1. The lowest BCUT2D eigenvalue weighted by Gasteiger charge is -2.43. The minimum Gasteiger partial charge on any atom is -0.360 e. The maximum atomic E-state index is 12.8. The van der Waals surface area contributed by atoms with E-state index in [1.54, 1.807) is 17.0 Å².